The minimum atomic E-state index is -0.341. The van der Waals surface area contributed by atoms with Crippen molar-refractivity contribution in [2.45, 2.75) is 51.7 Å². The molecule has 0 bridgehead atoms. The summed E-state index contributed by atoms with van der Waals surface area (Å²) in [7, 11) is 0. The van der Waals surface area contributed by atoms with E-state index in [-0.39, 0.29) is 23.9 Å². The first kappa shape index (κ1) is 14.0. The van der Waals surface area contributed by atoms with Crippen LogP contribution in [0.3, 0.4) is 0 Å². The Morgan fingerprint density at radius 3 is 2.81 bits per heavy atom. The predicted octanol–water partition coefficient (Wildman–Crippen LogP) is 1.41. The molecule has 2 fully saturated rings. The number of rotatable bonds is 3. The van der Waals surface area contributed by atoms with Gasteiger partial charge in [0.15, 0.2) is 0 Å². The maximum atomic E-state index is 12.8. The molecule has 0 spiro atoms. The van der Waals surface area contributed by atoms with Crippen LogP contribution in [0.4, 0.5) is 0 Å². The van der Waals surface area contributed by atoms with Crippen molar-refractivity contribution in [3.05, 3.63) is 29.6 Å². The van der Waals surface area contributed by atoms with E-state index in [1.165, 1.54) is 0 Å². The number of nitrogens with zero attached hydrogens (tertiary/aromatic N) is 2. The van der Waals surface area contributed by atoms with Gasteiger partial charge >= 0.3 is 0 Å². The van der Waals surface area contributed by atoms with Crippen molar-refractivity contribution >= 4 is 11.8 Å². The summed E-state index contributed by atoms with van der Waals surface area (Å²) in [6.45, 7) is 4.41. The lowest BCUT2D eigenvalue weighted by Crippen LogP contribution is -2.47. The Hall–Kier alpha value is -1.91. The number of amides is 2. The molecule has 2 heterocycles. The van der Waals surface area contributed by atoms with Gasteiger partial charge in [-0.1, -0.05) is 6.07 Å². The molecule has 112 valence electrons. The van der Waals surface area contributed by atoms with E-state index in [0.29, 0.717) is 18.9 Å². The number of aromatic nitrogens is 1. The van der Waals surface area contributed by atoms with E-state index in [4.69, 9.17) is 0 Å². The van der Waals surface area contributed by atoms with Gasteiger partial charge in [-0.25, -0.2) is 0 Å². The molecule has 1 aliphatic carbocycles. The Kier molecular flexibility index (Phi) is 3.66. The van der Waals surface area contributed by atoms with Crippen molar-refractivity contribution in [2.24, 2.45) is 5.92 Å². The Bertz CT molecular complexity index is 568. The molecule has 1 aliphatic heterocycles. The highest BCUT2D eigenvalue weighted by molar-refractivity contribution is 5.91. The molecule has 1 saturated heterocycles. The van der Waals surface area contributed by atoms with Crippen molar-refractivity contribution in [1.29, 1.82) is 0 Å². The number of hydrogen-bond donors (Lipinski definition) is 1. The van der Waals surface area contributed by atoms with Crippen LogP contribution in [0.5, 0.6) is 0 Å². The Morgan fingerprint density at radius 2 is 2.14 bits per heavy atom. The van der Waals surface area contributed by atoms with Gasteiger partial charge in [-0.3, -0.25) is 14.6 Å². The number of pyridine rings is 1. The smallest absolute Gasteiger partial charge is 0.246 e. The molecular weight excluding hydrogens is 266 g/mol. The molecule has 0 aromatic carbocycles. The number of carbonyl (C=O) groups excluding carboxylic acids is 2. The third kappa shape index (κ3) is 2.91. The third-order valence-corrected chi connectivity index (χ3v) is 4.41. The number of carbonyl (C=O) groups is 2. The first-order valence-corrected chi connectivity index (χ1v) is 7.56. The molecule has 0 radical (unpaired) electrons. The van der Waals surface area contributed by atoms with Crippen LogP contribution in [0.2, 0.25) is 0 Å². The number of aryl methyl sites for hydroxylation is 1. The zero-order valence-corrected chi connectivity index (χ0v) is 12.5. The molecule has 2 aliphatic rings. The van der Waals surface area contributed by atoms with Crippen molar-refractivity contribution < 1.29 is 9.59 Å². The summed E-state index contributed by atoms with van der Waals surface area (Å²) >= 11 is 0. The van der Waals surface area contributed by atoms with Gasteiger partial charge in [0.25, 0.3) is 0 Å². The van der Waals surface area contributed by atoms with Crippen LogP contribution in [0.25, 0.3) is 0 Å². The second kappa shape index (κ2) is 5.47. The fraction of sp³-hybridized carbons (Fsp3) is 0.562. The molecule has 21 heavy (non-hydrogen) atoms. The van der Waals surface area contributed by atoms with E-state index >= 15 is 0 Å². The lowest BCUT2D eigenvalue weighted by molar-refractivity contribution is -0.136. The first-order valence-electron chi connectivity index (χ1n) is 7.56. The zero-order chi connectivity index (χ0) is 15.0. The monoisotopic (exact) mass is 287 g/mol. The third-order valence-electron chi connectivity index (χ3n) is 4.41. The van der Waals surface area contributed by atoms with Gasteiger partial charge in [-0.15, -0.1) is 0 Å². The minimum Gasteiger partial charge on any atom is -0.344 e. The lowest BCUT2D eigenvalue weighted by atomic mass is 10.1. The van der Waals surface area contributed by atoms with E-state index in [0.717, 1.165) is 24.1 Å². The topological polar surface area (TPSA) is 62.3 Å². The summed E-state index contributed by atoms with van der Waals surface area (Å²) < 4.78 is 0. The maximum absolute atomic E-state index is 12.8. The van der Waals surface area contributed by atoms with Crippen molar-refractivity contribution in [3.63, 3.8) is 0 Å². The first-order chi connectivity index (χ1) is 10.1. The van der Waals surface area contributed by atoms with E-state index in [9.17, 15) is 9.59 Å². The molecule has 1 N–H and O–H groups in total. The van der Waals surface area contributed by atoms with E-state index < -0.39 is 0 Å². The lowest BCUT2D eigenvalue weighted by Gasteiger charge is -2.29. The molecule has 1 aromatic heterocycles. The molecule has 1 saturated carbocycles. The summed E-state index contributed by atoms with van der Waals surface area (Å²) in [4.78, 5) is 30.9. The minimum absolute atomic E-state index is 0.0204. The molecule has 2 unspecified atom stereocenters. The second-order valence-electron chi connectivity index (χ2n) is 6.17. The van der Waals surface area contributed by atoms with E-state index in [1.807, 2.05) is 30.9 Å². The van der Waals surface area contributed by atoms with Crippen molar-refractivity contribution in [2.75, 3.05) is 0 Å². The van der Waals surface area contributed by atoms with Gasteiger partial charge in [0, 0.05) is 18.7 Å². The molecule has 1 aromatic rings. The van der Waals surface area contributed by atoms with Gasteiger partial charge in [-0.2, -0.15) is 0 Å². The molecule has 2 atom stereocenters. The highest BCUT2D eigenvalue weighted by Crippen LogP contribution is 2.35. The highest BCUT2D eigenvalue weighted by Gasteiger charge is 2.42. The number of hydrogen-bond acceptors (Lipinski definition) is 3. The Labute approximate surface area is 124 Å². The van der Waals surface area contributed by atoms with Gasteiger partial charge < -0.3 is 10.2 Å². The second-order valence-corrected chi connectivity index (χ2v) is 6.17. The summed E-state index contributed by atoms with van der Waals surface area (Å²) in [6.07, 6.45) is 4.17. The predicted molar refractivity (Wildman–Crippen MR) is 78.3 cm³/mol. The standard InChI is InChI=1S/C16H21N3O2/c1-10-4-3-7-17-13(10)9-19-11(2)8-14(20)18-15(16(19)21)12-5-6-12/h3-4,7,11-12,15H,5-6,8-9H2,1-2H3,(H,18,20). The van der Waals surface area contributed by atoms with Crippen LogP contribution in [0, 0.1) is 12.8 Å². The van der Waals surface area contributed by atoms with Crippen LogP contribution in [0.15, 0.2) is 18.3 Å². The average Bonchev–Trinajstić information content (AvgIpc) is 3.27. The summed E-state index contributed by atoms with van der Waals surface area (Å²) in [5.41, 5.74) is 1.98. The van der Waals surface area contributed by atoms with Gasteiger partial charge in [-0.05, 0) is 44.2 Å². The van der Waals surface area contributed by atoms with Crippen molar-refractivity contribution in [3.8, 4) is 0 Å². The maximum Gasteiger partial charge on any atom is 0.246 e. The van der Waals surface area contributed by atoms with Crippen LogP contribution >= 0.6 is 0 Å². The largest absolute Gasteiger partial charge is 0.344 e. The van der Waals surface area contributed by atoms with Crippen LogP contribution in [0.1, 0.15) is 37.4 Å². The van der Waals surface area contributed by atoms with Crippen LogP contribution in [-0.4, -0.2) is 33.8 Å². The fourth-order valence-corrected chi connectivity index (χ4v) is 2.90. The van der Waals surface area contributed by atoms with Gasteiger partial charge in [0.05, 0.1) is 12.2 Å². The van der Waals surface area contributed by atoms with E-state index in [2.05, 4.69) is 10.3 Å². The summed E-state index contributed by atoms with van der Waals surface area (Å²) in [5.74, 6) is 0.341. The highest BCUT2D eigenvalue weighted by atomic mass is 16.2. The van der Waals surface area contributed by atoms with Gasteiger partial charge in [0.2, 0.25) is 11.8 Å². The Morgan fingerprint density at radius 1 is 1.38 bits per heavy atom. The Balaban J connectivity index is 1.85. The van der Waals surface area contributed by atoms with Crippen molar-refractivity contribution in [1.82, 2.24) is 15.2 Å². The quantitative estimate of drug-likeness (QED) is 0.914. The summed E-state index contributed by atoms with van der Waals surface area (Å²) in [6, 6.07) is 3.45. The molecule has 3 rings (SSSR count). The average molecular weight is 287 g/mol. The SMILES string of the molecule is Cc1cccnc1CN1C(=O)C(C2CC2)NC(=O)CC1C. The normalized spacial score (nSPS) is 26.5. The van der Waals surface area contributed by atoms with E-state index in [1.54, 1.807) is 6.20 Å². The van der Waals surface area contributed by atoms with Crippen LogP contribution in [-0.2, 0) is 16.1 Å². The molecular formula is C16H21N3O2. The van der Waals surface area contributed by atoms with Gasteiger partial charge in [0.1, 0.15) is 6.04 Å². The summed E-state index contributed by atoms with van der Waals surface area (Å²) in [5, 5.41) is 2.90. The molecule has 2 amide bonds. The molecule has 5 nitrogen and oxygen atoms in total. The fourth-order valence-electron chi connectivity index (χ4n) is 2.90. The van der Waals surface area contributed by atoms with Crippen LogP contribution < -0.4 is 5.32 Å². The zero-order valence-electron chi connectivity index (χ0n) is 12.5. The molecule has 5 heteroatoms. The number of nitrogens with one attached hydrogen (secondary N) is 1.